The maximum atomic E-state index is 3.72. The van der Waals surface area contributed by atoms with E-state index in [1.165, 1.54) is 18.1 Å². The molecule has 0 aromatic heterocycles. The van der Waals surface area contributed by atoms with Gasteiger partial charge in [0, 0.05) is 18.1 Å². The van der Waals surface area contributed by atoms with E-state index in [1.807, 2.05) is 5.41 Å². The first-order valence-corrected chi connectivity index (χ1v) is 4.43. The SMILES string of the molecule is C=CN=NS/C=C\CC(C)C. The summed E-state index contributed by atoms with van der Waals surface area (Å²) in [5, 5.41) is 5.53. The molecule has 0 rings (SSSR count). The first kappa shape index (κ1) is 10.4. The highest BCUT2D eigenvalue weighted by Gasteiger charge is 1.85. The molecule has 0 radical (unpaired) electrons. The first-order chi connectivity index (χ1) is 5.27. The molecule has 62 valence electrons. The van der Waals surface area contributed by atoms with Crippen LogP contribution in [0.4, 0.5) is 0 Å². The minimum absolute atomic E-state index is 0.711. The molecule has 0 unspecified atom stereocenters. The zero-order chi connectivity index (χ0) is 8.53. The minimum atomic E-state index is 0.711. The van der Waals surface area contributed by atoms with Gasteiger partial charge in [-0.05, 0) is 17.7 Å². The molecule has 0 aliphatic carbocycles. The van der Waals surface area contributed by atoms with Crippen LogP contribution in [0.5, 0.6) is 0 Å². The third-order valence-electron chi connectivity index (χ3n) is 0.941. The van der Waals surface area contributed by atoms with Gasteiger partial charge in [-0.1, -0.05) is 26.5 Å². The Balaban J connectivity index is 3.30. The first-order valence-electron chi connectivity index (χ1n) is 3.59. The molecule has 0 aliphatic heterocycles. The Morgan fingerprint density at radius 2 is 2.27 bits per heavy atom. The number of rotatable bonds is 5. The van der Waals surface area contributed by atoms with E-state index in [4.69, 9.17) is 0 Å². The molecule has 0 saturated heterocycles. The molecule has 0 fully saturated rings. The fourth-order valence-corrected chi connectivity index (χ4v) is 0.831. The summed E-state index contributed by atoms with van der Waals surface area (Å²) in [5.41, 5.74) is 0. The summed E-state index contributed by atoms with van der Waals surface area (Å²) in [4.78, 5) is 0. The van der Waals surface area contributed by atoms with Crippen molar-refractivity contribution in [1.82, 2.24) is 0 Å². The lowest BCUT2D eigenvalue weighted by molar-refractivity contribution is 0.664. The molecule has 3 heteroatoms. The number of hydrogen-bond donors (Lipinski definition) is 0. The predicted octanol–water partition coefficient (Wildman–Crippen LogP) is 3.79. The average Bonchev–Trinajstić information content (AvgIpc) is 1.96. The van der Waals surface area contributed by atoms with Gasteiger partial charge >= 0.3 is 0 Å². The van der Waals surface area contributed by atoms with Crippen LogP contribution in [0.25, 0.3) is 0 Å². The van der Waals surface area contributed by atoms with Crippen molar-refractivity contribution in [3.05, 3.63) is 24.3 Å². The molecule has 0 atom stereocenters. The monoisotopic (exact) mass is 170 g/mol. The Labute approximate surface area is 72.6 Å². The Hall–Kier alpha value is -0.570. The Kier molecular flexibility index (Phi) is 7.15. The largest absolute Gasteiger partial charge is 0.152 e. The van der Waals surface area contributed by atoms with Crippen LogP contribution >= 0.6 is 11.9 Å². The van der Waals surface area contributed by atoms with Gasteiger partial charge in [0.05, 0.1) is 0 Å². The third-order valence-corrected chi connectivity index (χ3v) is 1.44. The molecule has 0 N–H and O–H groups in total. The quantitative estimate of drug-likeness (QED) is 0.455. The fourth-order valence-electron chi connectivity index (χ4n) is 0.459. The molecular weight excluding hydrogens is 156 g/mol. The minimum Gasteiger partial charge on any atom is -0.152 e. The van der Waals surface area contributed by atoms with Gasteiger partial charge < -0.3 is 0 Å². The molecule has 0 spiro atoms. The van der Waals surface area contributed by atoms with E-state index in [-0.39, 0.29) is 0 Å². The van der Waals surface area contributed by atoms with Crippen molar-refractivity contribution in [3.63, 3.8) is 0 Å². The molecule has 0 amide bonds. The van der Waals surface area contributed by atoms with Crippen molar-refractivity contribution in [1.29, 1.82) is 0 Å². The highest BCUT2D eigenvalue weighted by Crippen LogP contribution is 2.07. The summed E-state index contributed by atoms with van der Waals surface area (Å²) in [6.45, 7) is 7.77. The van der Waals surface area contributed by atoms with Crippen LogP contribution in [0.15, 0.2) is 33.9 Å². The van der Waals surface area contributed by atoms with Gasteiger partial charge in [-0.2, -0.15) is 5.11 Å². The molecule has 2 nitrogen and oxygen atoms in total. The molecule has 0 saturated carbocycles. The summed E-state index contributed by atoms with van der Waals surface area (Å²) < 4.78 is 3.72. The molecular formula is C8H14N2S. The molecule has 11 heavy (non-hydrogen) atoms. The van der Waals surface area contributed by atoms with Crippen LogP contribution in [0.1, 0.15) is 20.3 Å². The molecule has 0 aromatic carbocycles. The summed E-state index contributed by atoms with van der Waals surface area (Å²) in [7, 11) is 0. The standard InChI is InChI=1S/C8H14N2S/c1-4-9-10-11-7-5-6-8(2)3/h4-5,7-8H,1,6H2,2-3H3/b7-5-,10-9?. The van der Waals surface area contributed by atoms with E-state index in [0.29, 0.717) is 5.92 Å². The zero-order valence-electron chi connectivity index (χ0n) is 7.03. The fraction of sp³-hybridized carbons (Fsp3) is 0.500. The van der Waals surface area contributed by atoms with Gasteiger partial charge in [-0.15, -0.1) is 4.52 Å². The van der Waals surface area contributed by atoms with E-state index in [0.717, 1.165) is 6.42 Å². The third kappa shape index (κ3) is 9.43. The van der Waals surface area contributed by atoms with E-state index in [2.05, 4.69) is 36.1 Å². The van der Waals surface area contributed by atoms with Gasteiger partial charge in [0.2, 0.25) is 0 Å². The van der Waals surface area contributed by atoms with Crippen LogP contribution in [-0.4, -0.2) is 0 Å². The van der Waals surface area contributed by atoms with Crippen LogP contribution in [0.3, 0.4) is 0 Å². The number of hydrogen-bond acceptors (Lipinski definition) is 3. The maximum Gasteiger partial charge on any atom is 0.0430 e. The summed E-state index contributed by atoms with van der Waals surface area (Å²) in [6, 6.07) is 0. The second kappa shape index (κ2) is 7.54. The van der Waals surface area contributed by atoms with Gasteiger partial charge in [0.15, 0.2) is 0 Å². The van der Waals surface area contributed by atoms with Crippen molar-refractivity contribution in [2.45, 2.75) is 20.3 Å². The van der Waals surface area contributed by atoms with E-state index in [9.17, 15) is 0 Å². The van der Waals surface area contributed by atoms with Crippen molar-refractivity contribution < 1.29 is 0 Å². The van der Waals surface area contributed by atoms with Crippen LogP contribution in [0.2, 0.25) is 0 Å². The van der Waals surface area contributed by atoms with Gasteiger partial charge in [-0.3, -0.25) is 0 Å². The van der Waals surface area contributed by atoms with Crippen molar-refractivity contribution in [2.24, 2.45) is 15.6 Å². The molecule has 0 heterocycles. The summed E-state index contributed by atoms with van der Waals surface area (Å²) >= 11 is 1.33. The maximum absolute atomic E-state index is 3.72. The zero-order valence-corrected chi connectivity index (χ0v) is 7.84. The number of allylic oxidation sites excluding steroid dienone is 1. The Morgan fingerprint density at radius 1 is 1.55 bits per heavy atom. The topological polar surface area (TPSA) is 24.7 Å². The van der Waals surface area contributed by atoms with E-state index in [1.54, 1.807) is 0 Å². The van der Waals surface area contributed by atoms with Crippen molar-refractivity contribution in [2.75, 3.05) is 0 Å². The van der Waals surface area contributed by atoms with Gasteiger partial charge in [-0.25, -0.2) is 0 Å². The summed E-state index contributed by atoms with van der Waals surface area (Å²) in [6.07, 6.45) is 4.61. The highest BCUT2D eigenvalue weighted by molar-refractivity contribution is 8.00. The predicted molar refractivity (Wildman–Crippen MR) is 51.2 cm³/mol. The lowest BCUT2D eigenvalue weighted by Gasteiger charge is -1.94. The van der Waals surface area contributed by atoms with Crippen LogP contribution in [0, 0.1) is 5.92 Å². The normalized spacial score (nSPS) is 11.9. The summed E-state index contributed by atoms with van der Waals surface area (Å²) in [5.74, 6) is 0.711. The van der Waals surface area contributed by atoms with Gasteiger partial charge in [0.1, 0.15) is 0 Å². The highest BCUT2D eigenvalue weighted by atomic mass is 32.2. The van der Waals surface area contributed by atoms with Crippen molar-refractivity contribution >= 4 is 11.9 Å². The average molecular weight is 170 g/mol. The lowest BCUT2D eigenvalue weighted by atomic mass is 10.1. The van der Waals surface area contributed by atoms with Crippen LogP contribution in [-0.2, 0) is 0 Å². The lowest BCUT2D eigenvalue weighted by Crippen LogP contribution is -1.79. The second-order valence-electron chi connectivity index (χ2n) is 2.49. The van der Waals surface area contributed by atoms with Gasteiger partial charge in [0.25, 0.3) is 0 Å². The van der Waals surface area contributed by atoms with E-state index < -0.39 is 0 Å². The number of nitrogens with zero attached hydrogens (tertiary/aromatic N) is 2. The molecule has 0 aromatic rings. The Morgan fingerprint density at radius 3 is 2.82 bits per heavy atom. The van der Waals surface area contributed by atoms with E-state index >= 15 is 0 Å². The Bertz CT molecular complexity index is 150. The molecule has 0 aliphatic rings. The molecule has 0 bridgehead atoms. The second-order valence-corrected chi connectivity index (χ2v) is 3.13. The van der Waals surface area contributed by atoms with Crippen molar-refractivity contribution in [3.8, 4) is 0 Å². The smallest absolute Gasteiger partial charge is 0.0430 e. The van der Waals surface area contributed by atoms with Crippen LogP contribution < -0.4 is 0 Å².